The molecule has 3 aromatic rings. The van der Waals surface area contributed by atoms with Gasteiger partial charge in [-0.1, -0.05) is 24.3 Å². The van der Waals surface area contributed by atoms with Crippen molar-refractivity contribution in [1.29, 1.82) is 0 Å². The number of fused-ring (bicyclic) bond motifs is 1. The van der Waals surface area contributed by atoms with Gasteiger partial charge in [-0.2, -0.15) is 0 Å². The number of primary amides is 1. The first kappa shape index (κ1) is 18.9. The zero-order chi connectivity index (χ0) is 19.7. The lowest BCUT2D eigenvalue weighted by molar-refractivity contribution is -0.0322. The number of aromatic nitrogens is 1. The highest BCUT2D eigenvalue weighted by Gasteiger charge is 2.29. The molecule has 146 valence electrons. The molecule has 0 saturated carbocycles. The summed E-state index contributed by atoms with van der Waals surface area (Å²) in [6.07, 6.45) is 1.64. The van der Waals surface area contributed by atoms with Crippen molar-refractivity contribution >= 4 is 33.1 Å². The van der Waals surface area contributed by atoms with E-state index in [-0.39, 0.29) is 12.0 Å². The largest absolute Gasteiger partial charge is 0.371 e. The molecule has 1 saturated heterocycles. The van der Waals surface area contributed by atoms with E-state index in [2.05, 4.69) is 16.0 Å². The number of thiophene rings is 1. The fourth-order valence-corrected chi connectivity index (χ4v) is 4.89. The fourth-order valence-electron chi connectivity index (χ4n) is 3.79. The molecule has 28 heavy (non-hydrogen) atoms. The van der Waals surface area contributed by atoms with E-state index in [1.54, 1.807) is 0 Å². The number of amides is 1. The van der Waals surface area contributed by atoms with Crippen molar-refractivity contribution in [2.24, 2.45) is 5.73 Å². The summed E-state index contributed by atoms with van der Waals surface area (Å²) in [5, 5.41) is 1.06. The van der Waals surface area contributed by atoms with Crippen LogP contribution in [0.15, 0.2) is 42.6 Å². The van der Waals surface area contributed by atoms with Gasteiger partial charge in [-0.3, -0.25) is 9.69 Å². The molecule has 1 unspecified atom stereocenters. The molecule has 2 N–H and O–H groups in total. The standard InChI is InChI=1S/C21H24N4O2S/c1-24(2)21-14(6-5-9-23-21)12-25-10-11-27-16(13-25)18-15-7-3-4-8-17(15)28-19(18)20(22)26/h3-9,16H,10-13H2,1-2H3,(H2,22,26). The molecule has 0 spiro atoms. The van der Waals surface area contributed by atoms with E-state index in [0.717, 1.165) is 34.6 Å². The van der Waals surface area contributed by atoms with Gasteiger partial charge in [-0.15, -0.1) is 11.3 Å². The predicted molar refractivity (Wildman–Crippen MR) is 113 cm³/mol. The van der Waals surface area contributed by atoms with Gasteiger partial charge in [0.15, 0.2) is 0 Å². The average Bonchev–Trinajstić information content (AvgIpc) is 3.08. The summed E-state index contributed by atoms with van der Waals surface area (Å²) < 4.78 is 7.16. The molecule has 2 aromatic heterocycles. The van der Waals surface area contributed by atoms with Gasteiger partial charge in [0.05, 0.1) is 17.6 Å². The van der Waals surface area contributed by atoms with Gasteiger partial charge < -0.3 is 15.4 Å². The number of carbonyl (C=O) groups excluding carboxylic acids is 1. The van der Waals surface area contributed by atoms with Crippen LogP contribution in [0.5, 0.6) is 0 Å². The summed E-state index contributed by atoms with van der Waals surface area (Å²) in [5.41, 5.74) is 7.79. The lowest BCUT2D eigenvalue weighted by atomic mass is 10.0. The van der Waals surface area contributed by atoms with Gasteiger partial charge in [0.2, 0.25) is 0 Å². The molecule has 1 aliphatic heterocycles. The van der Waals surface area contributed by atoms with Crippen molar-refractivity contribution in [3.63, 3.8) is 0 Å². The van der Waals surface area contributed by atoms with Crippen molar-refractivity contribution in [2.45, 2.75) is 12.6 Å². The number of rotatable bonds is 5. The first-order valence-corrected chi connectivity index (χ1v) is 10.1. The maximum absolute atomic E-state index is 12.1. The Morgan fingerprint density at radius 2 is 2.14 bits per heavy atom. The zero-order valence-corrected chi connectivity index (χ0v) is 16.9. The molecule has 3 heterocycles. The van der Waals surface area contributed by atoms with E-state index in [1.165, 1.54) is 16.9 Å². The third kappa shape index (κ3) is 3.61. The number of hydrogen-bond donors (Lipinski definition) is 1. The third-order valence-electron chi connectivity index (χ3n) is 5.02. The minimum absolute atomic E-state index is 0.174. The maximum atomic E-state index is 12.1. The van der Waals surface area contributed by atoms with Crippen molar-refractivity contribution < 1.29 is 9.53 Å². The highest BCUT2D eigenvalue weighted by atomic mass is 32.1. The first-order valence-electron chi connectivity index (χ1n) is 9.31. The molecule has 1 aliphatic rings. The van der Waals surface area contributed by atoms with Crippen molar-refractivity contribution in [2.75, 3.05) is 38.7 Å². The van der Waals surface area contributed by atoms with Gasteiger partial charge >= 0.3 is 0 Å². The van der Waals surface area contributed by atoms with Crippen LogP contribution in [0.25, 0.3) is 10.1 Å². The van der Waals surface area contributed by atoms with Gasteiger partial charge in [0.1, 0.15) is 5.82 Å². The Balaban J connectivity index is 1.63. The second-order valence-corrected chi connectivity index (χ2v) is 8.23. The summed E-state index contributed by atoms with van der Waals surface area (Å²) in [6.45, 7) is 2.95. The summed E-state index contributed by atoms with van der Waals surface area (Å²) in [4.78, 5) is 21.6. The summed E-state index contributed by atoms with van der Waals surface area (Å²) in [7, 11) is 4.01. The zero-order valence-electron chi connectivity index (χ0n) is 16.1. The molecule has 4 rings (SSSR count). The van der Waals surface area contributed by atoms with Gasteiger partial charge in [-0.25, -0.2) is 4.98 Å². The molecular weight excluding hydrogens is 372 g/mol. The van der Waals surface area contributed by atoms with E-state index < -0.39 is 0 Å². The Labute approximate surface area is 168 Å². The lowest BCUT2D eigenvalue weighted by Gasteiger charge is -2.34. The highest BCUT2D eigenvalue weighted by molar-refractivity contribution is 7.21. The van der Waals surface area contributed by atoms with Gasteiger partial charge in [-0.05, 0) is 17.5 Å². The van der Waals surface area contributed by atoms with Crippen LogP contribution in [0.4, 0.5) is 5.82 Å². The maximum Gasteiger partial charge on any atom is 0.259 e. The molecule has 1 aromatic carbocycles. The second kappa shape index (κ2) is 7.87. The predicted octanol–water partition coefficient (Wildman–Crippen LogP) is 3.03. The SMILES string of the molecule is CN(C)c1ncccc1CN1CCOC(c2c(C(N)=O)sc3ccccc23)C1. The van der Waals surface area contributed by atoms with Crippen LogP contribution in [0.3, 0.4) is 0 Å². The lowest BCUT2D eigenvalue weighted by Crippen LogP contribution is -2.38. The van der Waals surface area contributed by atoms with Gasteiger partial charge in [0.25, 0.3) is 5.91 Å². The molecule has 1 atom stereocenters. The quantitative estimate of drug-likeness (QED) is 0.718. The fraction of sp³-hybridized carbons (Fsp3) is 0.333. The van der Waals surface area contributed by atoms with E-state index >= 15 is 0 Å². The number of pyridine rings is 1. The number of ether oxygens (including phenoxy) is 1. The number of anilines is 1. The minimum Gasteiger partial charge on any atom is -0.371 e. The van der Waals surface area contributed by atoms with Gasteiger partial charge in [0, 0.05) is 55.8 Å². The van der Waals surface area contributed by atoms with E-state index in [1.807, 2.05) is 55.5 Å². The Morgan fingerprint density at radius 1 is 1.32 bits per heavy atom. The van der Waals surface area contributed by atoms with Crippen LogP contribution < -0.4 is 10.6 Å². The van der Waals surface area contributed by atoms with Crippen molar-refractivity contribution in [1.82, 2.24) is 9.88 Å². The highest BCUT2D eigenvalue weighted by Crippen LogP contribution is 2.38. The van der Waals surface area contributed by atoms with Crippen molar-refractivity contribution in [3.05, 3.63) is 58.6 Å². The van der Waals surface area contributed by atoms with Crippen LogP contribution in [-0.4, -0.2) is 49.6 Å². The average molecular weight is 397 g/mol. The molecule has 1 fully saturated rings. The summed E-state index contributed by atoms with van der Waals surface area (Å²) in [5.74, 6) is 0.587. The molecule has 6 nitrogen and oxygen atoms in total. The summed E-state index contributed by atoms with van der Waals surface area (Å²) in [6, 6.07) is 12.1. The monoisotopic (exact) mass is 396 g/mol. The molecular formula is C21H24N4O2S. The number of hydrogen-bond acceptors (Lipinski definition) is 6. The van der Waals surface area contributed by atoms with Crippen LogP contribution in [0.1, 0.15) is 26.9 Å². The molecule has 1 amide bonds. The Hall–Kier alpha value is -2.48. The Bertz CT molecular complexity index is 1000. The number of nitrogens with zero attached hydrogens (tertiary/aromatic N) is 3. The topological polar surface area (TPSA) is 71.7 Å². The third-order valence-corrected chi connectivity index (χ3v) is 6.22. The van der Waals surface area contributed by atoms with E-state index in [0.29, 0.717) is 18.0 Å². The molecule has 0 bridgehead atoms. The number of benzene rings is 1. The number of morpholine rings is 1. The summed E-state index contributed by atoms with van der Waals surface area (Å²) >= 11 is 1.45. The minimum atomic E-state index is -0.390. The van der Waals surface area contributed by atoms with E-state index in [4.69, 9.17) is 10.5 Å². The number of carbonyl (C=O) groups is 1. The van der Waals surface area contributed by atoms with Crippen LogP contribution in [-0.2, 0) is 11.3 Å². The van der Waals surface area contributed by atoms with Crippen LogP contribution >= 0.6 is 11.3 Å². The van der Waals surface area contributed by atoms with Crippen LogP contribution in [0.2, 0.25) is 0 Å². The second-order valence-electron chi connectivity index (χ2n) is 7.18. The Kier molecular flexibility index (Phi) is 5.30. The molecule has 0 aliphatic carbocycles. The number of nitrogens with two attached hydrogens (primary N) is 1. The molecule has 0 radical (unpaired) electrons. The smallest absolute Gasteiger partial charge is 0.259 e. The first-order chi connectivity index (χ1) is 13.5. The van der Waals surface area contributed by atoms with Crippen LogP contribution in [0, 0.1) is 0 Å². The molecule has 7 heteroatoms. The van der Waals surface area contributed by atoms with Crippen molar-refractivity contribution in [3.8, 4) is 0 Å². The van der Waals surface area contributed by atoms with E-state index in [9.17, 15) is 4.79 Å². The Morgan fingerprint density at radius 3 is 2.93 bits per heavy atom. The normalized spacial score (nSPS) is 17.7.